The van der Waals surface area contributed by atoms with Gasteiger partial charge in [-0.2, -0.15) is 0 Å². The summed E-state index contributed by atoms with van der Waals surface area (Å²) >= 11 is 0. The van der Waals surface area contributed by atoms with Crippen molar-refractivity contribution in [2.45, 2.75) is 47.1 Å². The van der Waals surface area contributed by atoms with E-state index in [4.69, 9.17) is 0 Å². The van der Waals surface area contributed by atoms with E-state index >= 15 is 0 Å². The second kappa shape index (κ2) is 5.10. The van der Waals surface area contributed by atoms with Crippen molar-refractivity contribution >= 4 is 8.41 Å². The van der Waals surface area contributed by atoms with E-state index in [1.165, 1.54) is 11.4 Å². The number of aromatic nitrogens is 2. The summed E-state index contributed by atoms with van der Waals surface area (Å²) in [6.07, 6.45) is 2.15. The molecule has 0 fully saturated rings. The summed E-state index contributed by atoms with van der Waals surface area (Å²) in [5.41, 5.74) is 2.69. The Morgan fingerprint density at radius 1 is 1.15 bits per heavy atom. The van der Waals surface area contributed by atoms with Gasteiger partial charge in [-0.05, 0) is 26.7 Å². The van der Waals surface area contributed by atoms with Crippen LogP contribution >= 0.6 is 0 Å². The summed E-state index contributed by atoms with van der Waals surface area (Å²) in [4.78, 5) is 4.53. The van der Waals surface area contributed by atoms with Gasteiger partial charge in [0.25, 0.3) is 0 Å². The first kappa shape index (κ1) is 12.3. The molecule has 0 amide bonds. The maximum Gasteiger partial charge on any atom is 0.106 e. The van der Waals surface area contributed by atoms with E-state index in [1.807, 2.05) is 0 Å². The van der Waals surface area contributed by atoms with E-state index in [0.717, 1.165) is 25.2 Å². The van der Waals surface area contributed by atoms with Crippen LogP contribution < -0.4 is 0 Å². The second-order valence-electron chi connectivity index (χ2n) is 3.00. The maximum absolute atomic E-state index is 4.53. The summed E-state index contributed by atoms with van der Waals surface area (Å²) in [5.74, 6) is 1.16. The highest BCUT2D eigenvalue weighted by molar-refractivity contribution is 5.75. The maximum atomic E-state index is 4.53. The van der Waals surface area contributed by atoms with Crippen molar-refractivity contribution in [2.75, 3.05) is 0 Å². The normalized spacial score (nSPS) is 9.85. The molecule has 0 aliphatic rings. The number of hydrogen-bond acceptors (Lipinski definition) is 1. The zero-order valence-corrected chi connectivity index (χ0v) is 9.09. The van der Waals surface area contributed by atoms with Gasteiger partial charge in [0.15, 0.2) is 0 Å². The number of imidazole rings is 1. The predicted octanol–water partition coefficient (Wildman–Crippen LogP) is 1.96. The minimum Gasteiger partial charge on any atom is -0.332 e. The van der Waals surface area contributed by atoms with Gasteiger partial charge in [0.05, 0.1) is 5.69 Å². The zero-order valence-electron chi connectivity index (χ0n) is 9.09. The molecular weight excluding hydrogens is 159 g/mol. The van der Waals surface area contributed by atoms with Crippen molar-refractivity contribution in [2.24, 2.45) is 0 Å². The van der Waals surface area contributed by atoms with Crippen LogP contribution in [0.1, 0.15) is 38.0 Å². The molecule has 0 aliphatic heterocycles. The quantitative estimate of drug-likeness (QED) is 0.645. The molecule has 1 aromatic rings. The van der Waals surface area contributed by atoms with Crippen LogP contribution in [0.25, 0.3) is 0 Å². The Labute approximate surface area is 82.9 Å². The lowest BCUT2D eigenvalue weighted by molar-refractivity contribution is 0.690. The molecule has 2 nitrogen and oxygen atoms in total. The van der Waals surface area contributed by atoms with Crippen LogP contribution in [0, 0.1) is 6.92 Å². The Morgan fingerprint density at radius 2 is 1.77 bits per heavy atom. The Morgan fingerprint density at radius 3 is 2.15 bits per heavy atom. The van der Waals surface area contributed by atoms with Crippen molar-refractivity contribution in [1.82, 2.24) is 9.55 Å². The second-order valence-corrected chi connectivity index (χ2v) is 3.00. The molecule has 1 rings (SSSR count). The molecule has 0 saturated carbocycles. The number of rotatable bonds is 3. The molecule has 13 heavy (non-hydrogen) atoms. The highest BCUT2D eigenvalue weighted by Gasteiger charge is 2.09. The summed E-state index contributed by atoms with van der Waals surface area (Å²) in [7, 11) is 0. The first-order valence-electron chi connectivity index (χ1n) is 4.79. The molecule has 0 aromatic carbocycles. The molecule has 1 heterocycles. The minimum atomic E-state index is 0. The summed E-state index contributed by atoms with van der Waals surface area (Å²) in [5, 5.41) is 0. The number of aryl methyl sites for hydroxylation is 2. The average Bonchev–Trinajstić information content (AvgIpc) is 2.40. The Hall–Kier alpha value is -0.725. The fourth-order valence-corrected chi connectivity index (χ4v) is 1.77. The average molecular weight is 177 g/mol. The van der Waals surface area contributed by atoms with Crippen LogP contribution in [0.15, 0.2) is 0 Å². The van der Waals surface area contributed by atoms with Crippen LogP contribution in [0.2, 0.25) is 0 Å². The van der Waals surface area contributed by atoms with Crippen LogP contribution in [0.4, 0.5) is 0 Å². The molecule has 3 radical (unpaired) electrons. The third kappa shape index (κ3) is 2.14. The van der Waals surface area contributed by atoms with Gasteiger partial charge in [0, 0.05) is 20.7 Å². The van der Waals surface area contributed by atoms with Crippen LogP contribution in [0.5, 0.6) is 0 Å². The molecule has 71 valence electrons. The summed E-state index contributed by atoms with van der Waals surface area (Å²) in [6, 6.07) is 0. The Kier molecular flexibility index (Phi) is 4.82. The summed E-state index contributed by atoms with van der Waals surface area (Å²) < 4.78 is 2.30. The van der Waals surface area contributed by atoms with E-state index in [2.05, 4.69) is 37.2 Å². The van der Waals surface area contributed by atoms with Crippen LogP contribution in [-0.2, 0) is 19.4 Å². The molecule has 0 aliphatic carbocycles. The number of nitrogens with zero attached hydrogens (tertiary/aromatic N) is 2. The topological polar surface area (TPSA) is 17.8 Å². The first-order valence-corrected chi connectivity index (χ1v) is 4.79. The van der Waals surface area contributed by atoms with E-state index in [0.29, 0.717) is 0 Å². The van der Waals surface area contributed by atoms with Crippen molar-refractivity contribution in [3.63, 3.8) is 0 Å². The lowest BCUT2D eigenvalue weighted by atomic mass is 10.2. The van der Waals surface area contributed by atoms with Gasteiger partial charge in [-0.25, -0.2) is 4.98 Å². The Bertz CT molecular complexity index is 266. The molecule has 0 bridgehead atoms. The third-order valence-electron chi connectivity index (χ3n) is 2.33. The van der Waals surface area contributed by atoms with Crippen LogP contribution in [0.3, 0.4) is 0 Å². The first-order chi connectivity index (χ1) is 5.74. The highest BCUT2D eigenvalue weighted by Crippen LogP contribution is 2.12. The van der Waals surface area contributed by atoms with Gasteiger partial charge in [-0.15, -0.1) is 0 Å². The lowest BCUT2D eigenvalue weighted by Crippen LogP contribution is -2.02. The van der Waals surface area contributed by atoms with Gasteiger partial charge in [-0.3, -0.25) is 0 Å². The molecule has 0 atom stereocenters. The van der Waals surface area contributed by atoms with Crippen molar-refractivity contribution in [3.05, 3.63) is 17.2 Å². The SMILES string of the molecule is CCc1nc(C)n(CC)c1CC.[B]. The molecule has 0 saturated heterocycles. The van der Waals surface area contributed by atoms with Crippen LogP contribution in [-0.4, -0.2) is 18.0 Å². The van der Waals surface area contributed by atoms with E-state index < -0.39 is 0 Å². The van der Waals surface area contributed by atoms with Crippen molar-refractivity contribution in [1.29, 1.82) is 0 Å². The monoisotopic (exact) mass is 177 g/mol. The molecular formula is C10H18BN2. The largest absolute Gasteiger partial charge is 0.332 e. The molecule has 3 heteroatoms. The van der Waals surface area contributed by atoms with Crippen molar-refractivity contribution in [3.8, 4) is 0 Å². The molecule has 0 spiro atoms. The molecule has 1 aromatic heterocycles. The van der Waals surface area contributed by atoms with Gasteiger partial charge in [-0.1, -0.05) is 13.8 Å². The minimum absolute atomic E-state index is 0. The highest BCUT2D eigenvalue weighted by atomic mass is 15.1. The lowest BCUT2D eigenvalue weighted by Gasteiger charge is -2.05. The fourth-order valence-electron chi connectivity index (χ4n) is 1.77. The van der Waals surface area contributed by atoms with Crippen molar-refractivity contribution < 1.29 is 0 Å². The summed E-state index contributed by atoms with van der Waals surface area (Å²) in [6.45, 7) is 9.67. The van der Waals surface area contributed by atoms with Gasteiger partial charge in [0.1, 0.15) is 5.82 Å². The van der Waals surface area contributed by atoms with Gasteiger partial charge < -0.3 is 4.57 Å². The van der Waals surface area contributed by atoms with E-state index in [9.17, 15) is 0 Å². The third-order valence-corrected chi connectivity index (χ3v) is 2.33. The fraction of sp³-hybridized carbons (Fsp3) is 0.700. The number of hydrogen-bond donors (Lipinski definition) is 0. The van der Waals surface area contributed by atoms with E-state index in [-0.39, 0.29) is 8.41 Å². The van der Waals surface area contributed by atoms with Gasteiger partial charge >= 0.3 is 0 Å². The smallest absolute Gasteiger partial charge is 0.106 e. The molecule has 0 unspecified atom stereocenters. The van der Waals surface area contributed by atoms with E-state index in [1.54, 1.807) is 0 Å². The molecule has 0 N–H and O–H groups in total. The van der Waals surface area contributed by atoms with Gasteiger partial charge in [0.2, 0.25) is 0 Å². The predicted molar refractivity (Wildman–Crippen MR) is 57.1 cm³/mol. The Balaban J connectivity index is 0.00000144. The standard InChI is InChI=1S/C10H18N2.B/c1-5-9-10(6-2)12(7-3)8(4)11-9;/h5-7H2,1-4H3;. The zero-order chi connectivity index (χ0) is 9.14.